The van der Waals surface area contributed by atoms with Crippen molar-refractivity contribution in [1.82, 2.24) is 0 Å². The van der Waals surface area contributed by atoms with Crippen LogP contribution < -0.4 is 16.0 Å². The molecule has 0 radical (unpaired) electrons. The van der Waals surface area contributed by atoms with Crippen LogP contribution in [0, 0.1) is 0 Å². The van der Waals surface area contributed by atoms with E-state index < -0.39 is 23.6 Å². The van der Waals surface area contributed by atoms with Gasteiger partial charge in [-0.1, -0.05) is 19.1 Å². The Morgan fingerprint density at radius 1 is 1.00 bits per heavy atom. The molecule has 0 spiro atoms. The van der Waals surface area contributed by atoms with Crippen LogP contribution in [0.5, 0.6) is 0 Å². The zero-order valence-corrected chi connectivity index (χ0v) is 14.9. The molecule has 0 fully saturated rings. The van der Waals surface area contributed by atoms with Crippen LogP contribution in [0.3, 0.4) is 0 Å². The molecule has 27 heavy (non-hydrogen) atoms. The van der Waals surface area contributed by atoms with Gasteiger partial charge in [0.2, 0.25) is 11.8 Å². The number of rotatable bonds is 6. The second-order valence-corrected chi connectivity index (χ2v) is 5.89. The third kappa shape index (κ3) is 6.02. The molecule has 2 aromatic rings. The van der Waals surface area contributed by atoms with E-state index in [9.17, 15) is 22.8 Å². The van der Waals surface area contributed by atoms with Gasteiger partial charge in [-0.15, -0.1) is 0 Å². The van der Waals surface area contributed by atoms with Gasteiger partial charge in [-0.05, 0) is 42.3 Å². The molecule has 2 amide bonds. The zero-order valence-electron chi connectivity index (χ0n) is 14.9. The molecule has 2 aromatic carbocycles. The molecule has 0 bridgehead atoms. The first kappa shape index (κ1) is 20.3. The van der Waals surface area contributed by atoms with E-state index in [4.69, 9.17) is 0 Å². The van der Waals surface area contributed by atoms with Crippen LogP contribution in [-0.2, 0) is 22.2 Å². The number of halogens is 3. The van der Waals surface area contributed by atoms with Crippen LogP contribution >= 0.6 is 0 Å². The highest BCUT2D eigenvalue weighted by molar-refractivity contribution is 5.94. The van der Waals surface area contributed by atoms with Crippen LogP contribution in [0.15, 0.2) is 42.5 Å². The van der Waals surface area contributed by atoms with Gasteiger partial charge in [-0.3, -0.25) is 9.59 Å². The molecule has 0 saturated carbocycles. The van der Waals surface area contributed by atoms with E-state index in [1.165, 1.54) is 19.1 Å². The Morgan fingerprint density at radius 3 is 2.33 bits per heavy atom. The van der Waals surface area contributed by atoms with Gasteiger partial charge in [0.1, 0.15) is 0 Å². The lowest BCUT2D eigenvalue weighted by Crippen LogP contribution is -2.23. The Labute approximate surface area is 155 Å². The first-order valence-electron chi connectivity index (χ1n) is 8.30. The Hall–Kier alpha value is -3.03. The fourth-order valence-corrected chi connectivity index (χ4v) is 2.46. The van der Waals surface area contributed by atoms with Crippen LogP contribution in [0.2, 0.25) is 0 Å². The molecule has 0 heterocycles. The van der Waals surface area contributed by atoms with Gasteiger partial charge in [0.25, 0.3) is 0 Å². The zero-order chi connectivity index (χ0) is 20.0. The Balaban J connectivity index is 2.09. The number of nitrogens with one attached hydrogen (secondary N) is 3. The summed E-state index contributed by atoms with van der Waals surface area (Å²) in [7, 11) is 0. The fourth-order valence-electron chi connectivity index (χ4n) is 2.46. The predicted molar refractivity (Wildman–Crippen MR) is 98.7 cm³/mol. The summed E-state index contributed by atoms with van der Waals surface area (Å²) in [6, 6.07) is 10.6. The normalized spacial score (nSPS) is 11.0. The maximum absolute atomic E-state index is 13.3. The van der Waals surface area contributed by atoms with Crippen molar-refractivity contribution in [3.05, 3.63) is 53.6 Å². The number of carbonyl (C=O) groups excluding carboxylic acids is 2. The average Bonchev–Trinajstić information content (AvgIpc) is 2.59. The largest absolute Gasteiger partial charge is 0.418 e. The van der Waals surface area contributed by atoms with Gasteiger partial charge in [-0.25, -0.2) is 0 Å². The monoisotopic (exact) mass is 379 g/mol. The van der Waals surface area contributed by atoms with Crippen molar-refractivity contribution in [3.63, 3.8) is 0 Å². The molecule has 5 nitrogen and oxygen atoms in total. The molecule has 0 aliphatic heterocycles. The van der Waals surface area contributed by atoms with Crippen molar-refractivity contribution in [2.45, 2.75) is 26.4 Å². The van der Waals surface area contributed by atoms with Gasteiger partial charge >= 0.3 is 6.18 Å². The highest BCUT2D eigenvalue weighted by Crippen LogP contribution is 2.36. The third-order valence-electron chi connectivity index (χ3n) is 3.70. The predicted octanol–water partition coefficient (Wildman–Crippen LogP) is 4.28. The van der Waals surface area contributed by atoms with Crippen LogP contribution in [0.1, 0.15) is 25.0 Å². The van der Waals surface area contributed by atoms with Crippen LogP contribution in [-0.4, -0.2) is 18.4 Å². The molecule has 0 aliphatic carbocycles. The maximum atomic E-state index is 13.3. The van der Waals surface area contributed by atoms with Gasteiger partial charge in [0.15, 0.2) is 0 Å². The quantitative estimate of drug-likeness (QED) is 0.702. The van der Waals surface area contributed by atoms with Gasteiger partial charge in [0, 0.05) is 24.0 Å². The average molecular weight is 379 g/mol. The van der Waals surface area contributed by atoms with Gasteiger partial charge < -0.3 is 16.0 Å². The van der Waals surface area contributed by atoms with Crippen molar-refractivity contribution in [2.24, 2.45) is 0 Å². The summed E-state index contributed by atoms with van der Waals surface area (Å²) < 4.78 is 39.8. The molecule has 3 N–H and O–H groups in total. The number of hydrogen-bond acceptors (Lipinski definition) is 3. The molecule has 0 atom stereocenters. The molecule has 0 aromatic heterocycles. The Morgan fingerprint density at radius 2 is 1.70 bits per heavy atom. The van der Waals surface area contributed by atoms with E-state index in [-0.39, 0.29) is 17.9 Å². The number of amides is 2. The molecule has 144 valence electrons. The van der Waals surface area contributed by atoms with E-state index in [1.54, 1.807) is 18.2 Å². The number of alkyl halides is 3. The summed E-state index contributed by atoms with van der Waals surface area (Å²) >= 11 is 0. The minimum atomic E-state index is -4.64. The van der Waals surface area contributed by atoms with E-state index in [2.05, 4.69) is 16.0 Å². The van der Waals surface area contributed by atoms with Crippen molar-refractivity contribution in [1.29, 1.82) is 0 Å². The summed E-state index contributed by atoms with van der Waals surface area (Å²) in [5, 5.41) is 7.45. The standard InChI is InChI=1S/C19H20F3N3O2/c1-3-13-5-4-6-14(9-13)25-18(27)11-23-17-8-7-15(24-12(2)26)10-16(17)19(20,21)22/h4-10,23H,3,11H2,1-2H3,(H,24,26)(H,25,27). The SMILES string of the molecule is CCc1cccc(NC(=O)CNc2ccc(NC(C)=O)cc2C(F)(F)F)c1. The Bertz CT molecular complexity index is 835. The topological polar surface area (TPSA) is 70.2 Å². The molecule has 8 heteroatoms. The summed E-state index contributed by atoms with van der Waals surface area (Å²) in [6.07, 6.45) is -3.83. The molecular weight excluding hydrogens is 359 g/mol. The second kappa shape index (κ2) is 8.57. The summed E-state index contributed by atoms with van der Waals surface area (Å²) in [4.78, 5) is 23.1. The van der Waals surface area contributed by atoms with Gasteiger partial charge in [0.05, 0.1) is 12.1 Å². The van der Waals surface area contributed by atoms with E-state index in [0.29, 0.717) is 5.69 Å². The highest BCUT2D eigenvalue weighted by Gasteiger charge is 2.34. The summed E-state index contributed by atoms with van der Waals surface area (Å²) in [5.74, 6) is -0.945. The lowest BCUT2D eigenvalue weighted by atomic mass is 10.1. The number of aryl methyl sites for hydroxylation is 1. The molecular formula is C19H20F3N3O2. The lowest BCUT2D eigenvalue weighted by molar-refractivity contribution is -0.137. The Kier molecular flexibility index (Phi) is 6.44. The van der Waals surface area contributed by atoms with E-state index in [1.807, 2.05) is 13.0 Å². The lowest BCUT2D eigenvalue weighted by Gasteiger charge is -2.16. The first-order chi connectivity index (χ1) is 12.7. The van der Waals surface area contributed by atoms with Crippen molar-refractivity contribution < 1.29 is 22.8 Å². The fraction of sp³-hybridized carbons (Fsp3) is 0.263. The highest BCUT2D eigenvalue weighted by atomic mass is 19.4. The minimum absolute atomic E-state index is 0.0289. The second-order valence-electron chi connectivity index (χ2n) is 5.89. The van der Waals surface area contributed by atoms with E-state index in [0.717, 1.165) is 18.1 Å². The number of anilines is 3. The third-order valence-corrected chi connectivity index (χ3v) is 3.70. The molecule has 0 aliphatic rings. The maximum Gasteiger partial charge on any atom is 0.418 e. The number of benzene rings is 2. The number of carbonyl (C=O) groups is 2. The van der Waals surface area contributed by atoms with Crippen LogP contribution in [0.25, 0.3) is 0 Å². The number of hydrogen-bond donors (Lipinski definition) is 3. The smallest absolute Gasteiger partial charge is 0.376 e. The molecule has 0 saturated heterocycles. The molecule has 2 rings (SSSR count). The van der Waals surface area contributed by atoms with Crippen LogP contribution in [0.4, 0.5) is 30.2 Å². The molecule has 0 unspecified atom stereocenters. The van der Waals surface area contributed by atoms with Crippen molar-refractivity contribution in [3.8, 4) is 0 Å². The van der Waals surface area contributed by atoms with Crippen molar-refractivity contribution >= 4 is 28.9 Å². The first-order valence-corrected chi connectivity index (χ1v) is 8.30. The summed E-state index contributed by atoms with van der Waals surface area (Å²) in [5.41, 5.74) is 0.441. The van der Waals surface area contributed by atoms with Gasteiger partial charge in [-0.2, -0.15) is 13.2 Å². The van der Waals surface area contributed by atoms with E-state index >= 15 is 0 Å². The summed E-state index contributed by atoms with van der Waals surface area (Å²) in [6.45, 7) is 2.85. The van der Waals surface area contributed by atoms with Crippen molar-refractivity contribution in [2.75, 3.05) is 22.5 Å². The minimum Gasteiger partial charge on any atom is -0.376 e.